The molecule has 1 aliphatic rings. The fourth-order valence-electron chi connectivity index (χ4n) is 2.15. The lowest BCUT2D eigenvalue weighted by molar-refractivity contribution is 0.174. The summed E-state index contributed by atoms with van der Waals surface area (Å²) in [6.45, 7) is 0.198. The van der Waals surface area contributed by atoms with Gasteiger partial charge in [0.05, 0.1) is 25.5 Å². The van der Waals surface area contributed by atoms with E-state index in [2.05, 4.69) is 4.98 Å². The largest absolute Gasteiger partial charge is 0.496 e. The molecule has 2 heterocycles. The monoisotopic (exact) mass is 274 g/mol. The lowest BCUT2D eigenvalue weighted by atomic mass is 10.1. The van der Waals surface area contributed by atoms with E-state index in [9.17, 15) is 0 Å². The third-order valence-electron chi connectivity index (χ3n) is 3.09. The first-order chi connectivity index (χ1) is 9.74. The highest BCUT2D eigenvalue weighted by molar-refractivity contribution is 5.79. The number of nitrogens with zero attached hydrogens (tertiary/aromatic N) is 1. The molecule has 0 aliphatic carbocycles. The zero-order valence-corrected chi connectivity index (χ0v) is 11.2. The molecule has 20 heavy (non-hydrogen) atoms. The maximum Gasteiger partial charge on any atom is 0.231 e. The van der Waals surface area contributed by atoms with Crippen LogP contribution < -0.4 is 24.7 Å². The molecule has 0 unspecified atom stereocenters. The number of hydrogen-bond acceptors (Lipinski definition) is 6. The highest BCUT2D eigenvalue weighted by Crippen LogP contribution is 2.45. The number of nitrogen functional groups attached to an aromatic ring is 1. The molecule has 6 nitrogen and oxygen atoms in total. The number of rotatable bonds is 3. The molecular formula is C14H14N2O4. The summed E-state index contributed by atoms with van der Waals surface area (Å²) in [7, 11) is 3.14. The molecule has 6 heteroatoms. The molecule has 3 rings (SSSR count). The van der Waals surface area contributed by atoms with Crippen LogP contribution in [0.1, 0.15) is 0 Å². The number of nitrogens with two attached hydrogens (primary N) is 1. The molecule has 1 aliphatic heterocycles. The maximum atomic E-state index is 5.91. The Morgan fingerprint density at radius 1 is 1.15 bits per heavy atom. The van der Waals surface area contributed by atoms with E-state index >= 15 is 0 Å². The van der Waals surface area contributed by atoms with Gasteiger partial charge in [-0.15, -0.1) is 0 Å². The SMILES string of the molecule is COc1cc2c(cc1-c1nccc(N)c1OC)OCO2. The molecule has 0 bridgehead atoms. The van der Waals surface area contributed by atoms with E-state index in [1.807, 2.05) is 6.07 Å². The van der Waals surface area contributed by atoms with Gasteiger partial charge in [-0.3, -0.25) is 4.98 Å². The van der Waals surface area contributed by atoms with Crippen molar-refractivity contribution in [3.8, 4) is 34.3 Å². The topological polar surface area (TPSA) is 75.8 Å². The summed E-state index contributed by atoms with van der Waals surface area (Å²) >= 11 is 0. The van der Waals surface area contributed by atoms with Gasteiger partial charge in [0, 0.05) is 12.3 Å². The molecule has 2 aromatic rings. The highest BCUT2D eigenvalue weighted by atomic mass is 16.7. The Labute approximate surface area is 116 Å². The molecule has 0 spiro atoms. The van der Waals surface area contributed by atoms with Gasteiger partial charge in [0.1, 0.15) is 11.4 Å². The number of aromatic nitrogens is 1. The molecule has 1 aromatic carbocycles. The summed E-state index contributed by atoms with van der Waals surface area (Å²) in [5.41, 5.74) is 7.76. The van der Waals surface area contributed by atoms with Crippen molar-refractivity contribution in [3.63, 3.8) is 0 Å². The number of pyridine rings is 1. The van der Waals surface area contributed by atoms with E-state index in [4.69, 9.17) is 24.7 Å². The molecule has 0 amide bonds. The van der Waals surface area contributed by atoms with Crippen LogP contribution >= 0.6 is 0 Å². The maximum absolute atomic E-state index is 5.91. The summed E-state index contributed by atoms with van der Waals surface area (Å²) in [4.78, 5) is 4.33. The molecule has 0 radical (unpaired) electrons. The summed E-state index contributed by atoms with van der Waals surface area (Å²) < 4.78 is 21.4. The van der Waals surface area contributed by atoms with Crippen molar-refractivity contribution in [2.75, 3.05) is 26.7 Å². The molecule has 0 fully saturated rings. The molecule has 104 valence electrons. The highest BCUT2D eigenvalue weighted by Gasteiger charge is 2.22. The van der Waals surface area contributed by atoms with Crippen molar-refractivity contribution >= 4 is 5.69 Å². The second-order valence-electron chi connectivity index (χ2n) is 4.19. The van der Waals surface area contributed by atoms with Gasteiger partial charge < -0.3 is 24.7 Å². The minimum atomic E-state index is 0.198. The van der Waals surface area contributed by atoms with Gasteiger partial charge >= 0.3 is 0 Å². The van der Waals surface area contributed by atoms with Crippen molar-refractivity contribution in [1.29, 1.82) is 0 Å². The second-order valence-corrected chi connectivity index (χ2v) is 4.19. The first-order valence-corrected chi connectivity index (χ1v) is 6.01. The lowest BCUT2D eigenvalue weighted by Crippen LogP contribution is -1.98. The average Bonchev–Trinajstić information content (AvgIpc) is 2.92. The Kier molecular flexibility index (Phi) is 2.98. The van der Waals surface area contributed by atoms with Crippen LogP contribution in [0.5, 0.6) is 23.0 Å². The van der Waals surface area contributed by atoms with Crippen LogP contribution in [0.2, 0.25) is 0 Å². The fraction of sp³-hybridized carbons (Fsp3) is 0.214. The average molecular weight is 274 g/mol. The number of methoxy groups -OCH3 is 2. The van der Waals surface area contributed by atoms with Gasteiger partial charge in [0.25, 0.3) is 0 Å². The van der Waals surface area contributed by atoms with E-state index < -0.39 is 0 Å². The van der Waals surface area contributed by atoms with Crippen molar-refractivity contribution < 1.29 is 18.9 Å². The number of hydrogen-bond donors (Lipinski definition) is 1. The van der Waals surface area contributed by atoms with Crippen molar-refractivity contribution in [1.82, 2.24) is 4.98 Å². The smallest absolute Gasteiger partial charge is 0.231 e. The Bertz CT molecular complexity index is 658. The molecule has 1 aromatic heterocycles. The van der Waals surface area contributed by atoms with Gasteiger partial charge in [0.2, 0.25) is 6.79 Å². The number of benzene rings is 1. The van der Waals surface area contributed by atoms with Crippen LogP contribution in [0.3, 0.4) is 0 Å². The minimum Gasteiger partial charge on any atom is -0.496 e. The van der Waals surface area contributed by atoms with Crippen LogP contribution in [0, 0.1) is 0 Å². The molecular weight excluding hydrogens is 260 g/mol. The van der Waals surface area contributed by atoms with E-state index in [1.54, 1.807) is 32.5 Å². The van der Waals surface area contributed by atoms with Crippen molar-refractivity contribution in [2.45, 2.75) is 0 Å². The number of fused-ring (bicyclic) bond motifs is 1. The first kappa shape index (κ1) is 12.4. The molecule has 0 saturated heterocycles. The van der Waals surface area contributed by atoms with Gasteiger partial charge in [-0.2, -0.15) is 0 Å². The Morgan fingerprint density at radius 3 is 2.60 bits per heavy atom. The van der Waals surface area contributed by atoms with E-state index in [1.165, 1.54) is 0 Å². The van der Waals surface area contributed by atoms with Gasteiger partial charge in [0.15, 0.2) is 17.2 Å². The zero-order chi connectivity index (χ0) is 14.1. The Morgan fingerprint density at radius 2 is 1.90 bits per heavy atom. The minimum absolute atomic E-state index is 0.198. The van der Waals surface area contributed by atoms with Crippen LogP contribution in [0.25, 0.3) is 11.3 Å². The first-order valence-electron chi connectivity index (χ1n) is 6.01. The molecule has 2 N–H and O–H groups in total. The van der Waals surface area contributed by atoms with Gasteiger partial charge in [-0.25, -0.2) is 0 Å². The van der Waals surface area contributed by atoms with Gasteiger partial charge in [-0.05, 0) is 12.1 Å². The van der Waals surface area contributed by atoms with Crippen LogP contribution in [0.15, 0.2) is 24.4 Å². The van der Waals surface area contributed by atoms with E-state index in [0.29, 0.717) is 34.4 Å². The van der Waals surface area contributed by atoms with Crippen molar-refractivity contribution in [3.05, 3.63) is 24.4 Å². The third-order valence-corrected chi connectivity index (χ3v) is 3.09. The Balaban J connectivity index is 2.22. The predicted octanol–water partition coefficient (Wildman–Crippen LogP) is 2.08. The fourth-order valence-corrected chi connectivity index (χ4v) is 2.15. The summed E-state index contributed by atoms with van der Waals surface area (Å²) in [6.07, 6.45) is 1.62. The second kappa shape index (κ2) is 4.80. The zero-order valence-electron chi connectivity index (χ0n) is 11.2. The number of anilines is 1. The normalized spacial score (nSPS) is 12.3. The van der Waals surface area contributed by atoms with Gasteiger partial charge in [-0.1, -0.05) is 0 Å². The quantitative estimate of drug-likeness (QED) is 0.923. The third kappa shape index (κ3) is 1.85. The number of ether oxygens (including phenoxy) is 4. The van der Waals surface area contributed by atoms with Crippen molar-refractivity contribution in [2.24, 2.45) is 0 Å². The summed E-state index contributed by atoms with van der Waals surface area (Å²) in [6, 6.07) is 5.26. The summed E-state index contributed by atoms with van der Waals surface area (Å²) in [5.74, 6) is 2.41. The van der Waals surface area contributed by atoms with Crippen LogP contribution in [-0.4, -0.2) is 26.0 Å². The van der Waals surface area contributed by atoms with E-state index in [0.717, 1.165) is 5.56 Å². The summed E-state index contributed by atoms with van der Waals surface area (Å²) in [5, 5.41) is 0. The standard InChI is InChI=1S/C14H14N2O4/c1-17-10-6-12-11(19-7-20-12)5-8(10)13-14(18-2)9(15)3-4-16-13/h3-6H,7H2,1-2H3,(H2,15,16). The molecule has 0 saturated carbocycles. The van der Waals surface area contributed by atoms with Crippen LogP contribution in [-0.2, 0) is 0 Å². The van der Waals surface area contributed by atoms with E-state index in [-0.39, 0.29) is 6.79 Å². The lowest BCUT2D eigenvalue weighted by Gasteiger charge is -2.13. The van der Waals surface area contributed by atoms with Crippen LogP contribution in [0.4, 0.5) is 5.69 Å². The molecule has 0 atom stereocenters. The predicted molar refractivity (Wildman–Crippen MR) is 73.3 cm³/mol. The Hall–Kier alpha value is -2.63.